The highest BCUT2D eigenvalue weighted by Crippen LogP contribution is 2.42. The molecule has 0 unspecified atom stereocenters. The van der Waals surface area contributed by atoms with Crippen molar-refractivity contribution in [2.24, 2.45) is 0 Å². The highest BCUT2D eigenvalue weighted by Gasteiger charge is 2.37. The topological polar surface area (TPSA) is 12.9 Å². The van der Waals surface area contributed by atoms with E-state index in [0.717, 1.165) is 6.20 Å². The van der Waals surface area contributed by atoms with E-state index in [1.54, 1.807) is 22.6 Å². The van der Waals surface area contributed by atoms with Gasteiger partial charge in [-0.05, 0) is 40.8 Å². The molecule has 0 aliphatic carbocycles. The van der Waals surface area contributed by atoms with E-state index in [0.29, 0.717) is 3.57 Å². The first-order valence-electron chi connectivity index (χ1n) is 5.08. The zero-order valence-electron chi connectivity index (χ0n) is 9.40. The first-order valence-corrected chi connectivity index (χ1v) is 7.29. The number of hydrogen-bond donors (Lipinski definition) is 0. The molecule has 1 aromatic heterocycles. The number of nitrogens with zero attached hydrogens (tertiary/aromatic N) is 1. The van der Waals surface area contributed by atoms with Gasteiger partial charge in [0.2, 0.25) is 0 Å². The van der Waals surface area contributed by atoms with Crippen molar-refractivity contribution in [1.29, 1.82) is 0 Å². The second-order valence-corrected chi connectivity index (χ2v) is 6.14. The molecule has 2 rings (SSSR count). The van der Waals surface area contributed by atoms with Crippen LogP contribution in [0.4, 0.5) is 13.2 Å². The Hall–Kier alpha value is -0.240. The normalized spacial score (nSPS) is 11.8. The Labute approximate surface area is 141 Å². The Kier molecular flexibility index (Phi) is 4.73. The van der Waals surface area contributed by atoms with Crippen molar-refractivity contribution < 1.29 is 13.2 Å². The van der Waals surface area contributed by atoms with Gasteiger partial charge in [-0.3, -0.25) is 4.98 Å². The summed E-state index contributed by atoms with van der Waals surface area (Å²) in [5.74, 6) is 0. The molecule has 106 valence electrons. The van der Waals surface area contributed by atoms with Crippen molar-refractivity contribution in [3.63, 3.8) is 0 Å². The van der Waals surface area contributed by atoms with Crippen LogP contribution in [0.15, 0.2) is 24.4 Å². The molecular weight excluding hydrogens is 448 g/mol. The summed E-state index contributed by atoms with van der Waals surface area (Å²) in [6.07, 6.45) is -3.49. The standard InChI is InChI=1S/C12H4Cl3F3IN/c13-6-4-8(15)7(14)3-5(6)10-9(19)1-2-20-11(10)12(16,17)18/h1-4H. The smallest absolute Gasteiger partial charge is 0.251 e. The van der Waals surface area contributed by atoms with Crippen molar-refractivity contribution in [2.45, 2.75) is 6.18 Å². The van der Waals surface area contributed by atoms with Gasteiger partial charge in [0, 0.05) is 20.9 Å². The molecule has 0 aliphatic rings. The van der Waals surface area contributed by atoms with Crippen LogP contribution >= 0.6 is 57.4 Å². The molecule has 0 radical (unpaired) electrons. The first-order chi connectivity index (χ1) is 9.21. The van der Waals surface area contributed by atoms with Gasteiger partial charge >= 0.3 is 6.18 Å². The van der Waals surface area contributed by atoms with Crippen LogP contribution in [0.25, 0.3) is 11.1 Å². The number of aromatic nitrogens is 1. The third-order valence-electron chi connectivity index (χ3n) is 2.45. The fraction of sp³-hybridized carbons (Fsp3) is 0.0833. The maximum Gasteiger partial charge on any atom is 0.433 e. The molecule has 0 spiro atoms. The molecule has 8 heteroatoms. The summed E-state index contributed by atoms with van der Waals surface area (Å²) < 4.78 is 39.5. The van der Waals surface area contributed by atoms with Crippen LogP contribution in [0.5, 0.6) is 0 Å². The Bertz CT molecular complexity index is 674. The van der Waals surface area contributed by atoms with Crippen LogP contribution in [0, 0.1) is 3.57 Å². The largest absolute Gasteiger partial charge is 0.433 e. The van der Waals surface area contributed by atoms with E-state index >= 15 is 0 Å². The number of hydrogen-bond acceptors (Lipinski definition) is 1. The quantitative estimate of drug-likeness (QED) is 0.364. The first kappa shape index (κ1) is 16.1. The minimum absolute atomic E-state index is 0.0795. The van der Waals surface area contributed by atoms with Gasteiger partial charge in [0.25, 0.3) is 0 Å². The maximum absolute atomic E-state index is 13.1. The predicted octanol–water partition coefficient (Wildman–Crippen LogP) is 6.33. The van der Waals surface area contributed by atoms with Gasteiger partial charge in [-0.2, -0.15) is 13.2 Å². The van der Waals surface area contributed by atoms with E-state index in [9.17, 15) is 13.2 Å². The van der Waals surface area contributed by atoms with Gasteiger partial charge in [0.1, 0.15) is 0 Å². The zero-order chi connectivity index (χ0) is 15.1. The van der Waals surface area contributed by atoms with Crippen molar-refractivity contribution in [3.8, 4) is 11.1 Å². The SMILES string of the molecule is FC(F)(F)c1nccc(I)c1-c1cc(Cl)c(Cl)cc1Cl. The molecule has 2 aromatic rings. The molecule has 0 atom stereocenters. The van der Waals surface area contributed by atoms with E-state index < -0.39 is 11.9 Å². The Morgan fingerprint density at radius 1 is 1.00 bits per heavy atom. The third-order valence-corrected chi connectivity index (χ3v) is 4.38. The van der Waals surface area contributed by atoms with Crippen LogP contribution in [-0.2, 0) is 6.18 Å². The summed E-state index contributed by atoms with van der Waals surface area (Å²) in [5, 5.41) is 0.377. The lowest BCUT2D eigenvalue weighted by atomic mass is 10.0. The molecule has 0 bridgehead atoms. The number of halogens is 7. The van der Waals surface area contributed by atoms with E-state index in [1.165, 1.54) is 18.2 Å². The third kappa shape index (κ3) is 3.16. The lowest BCUT2D eigenvalue weighted by molar-refractivity contribution is -0.140. The van der Waals surface area contributed by atoms with Crippen LogP contribution < -0.4 is 0 Å². The molecule has 0 saturated heterocycles. The van der Waals surface area contributed by atoms with E-state index in [1.807, 2.05) is 0 Å². The number of benzene rings is 1. The lowest BCUT2D eigenvalue weighted by Crippen LogP contribution is -2.11. The highest BCUT2D eigenvalue weighted by atomic mass is 127. The van der Waals surface area contributed by atoms with Crippen LogP contribution in [0.1, 0.15) is 5.69 Å². The minimum atomic E-state index is -4.59. The average Bonchev–Trinajstić information content (AvgIpc) is 2.33. The van der Waals surface area contributed by atoms with E-state index in [4.69, 9.17) is 34.8 Å². The van der Waals surface area contributed by atoms with Gasteiger partial charge in [-0.25, -0.2) is 0 Å². The summed E-state index contributed by atoms with van der Waals surface area (Å²) >= 11 is 19.4. The minimum Gasteiger partial charge on any atom is -0.251 e. The summed E-state index contributed by atoms with van der Waals surface area (Å²) in [7, 11) is 0. The molecule has 0 N–H and O–H groups in total. The van der Waals surface area contributed by atoms with Gasteiger partial charge in [-0.1, -0.05) is 34.8 Å². The average molecular weight is 452 g/mol. The second-order valence-electron chi connectivity index (χ2n) is 3.76. The molecule has 1 heterocycles. The van der Waals surface area contributed by atoms with Crippen molar-refractivity contribution >= 4 is 57.4 Å². The monoisotopic (exact) mass is 451 g/mol. The van der Waals surface area contributed by atoms with E-state index in [-0.39, 0.29) is 26.2 Å². The number of rotatable bonds is 1. The Balaban J connectivity index is 2.79. The molecule has 0 amide bonds. The molecule has 20 heavy (non-hydrogen) atoms. The van der Waals surface area contributed by atoms with Crippen molar-refractivity contribution in [3.05, 3.63) is 48.7 Å². The number of pyridine rings is 1. The summed E-state index contributed by atoms with van der Waals surface area (Å²) in [6, 6.07) is 4.08. The van der Waals surface area contributed by atoms with Gasteiger partial charge in [-0.15, -0.1) is 0 Å². The van der Waals surface area contributed by atoms with Crippen molar-refractivity contribution in [2.75, 3.05) is 0 Å². The Morgan fingerprint density at radius 3 is 2.20 bits per heavy atom. The second kappa shape index (κ2) is 5.87. The van der Waals surface area contributed by atoms with E-state index in [2.05, 4.69) is 4.98 Å². The van der Waals surface area contributed by atoms with Gasteiger partial charge in [0.15, 0.2) is 5.69 Å². The Morgan fingerprint density at radius 2 is 1.60 bits per heavy atom. The fourth-order valence-corrected chi connectivity index (χ4v) is 2.97. The summed E-state index contributed by atoms with van der Waals surface area (Å²) in [6.45, 7) is 0. The zero-order valence-corrected chi connectivity index (χ0v) is 13.8. The summed E-state index contributed by atoms with van der Waals surface area (Å²) in [4.78, 5) is 3.42. The molecule has 1 nitrogen and oxygen atoms in total. The highest BCUT2D eigenvalue weighted by molar-refractivity contribution is 14.1. The molecule has 1 aromatic carbocycles. The number of alkyl halides is 3. The molecule has 0 fully saturated rings. The van der Waals surface area contributed by atoms with Crippen LogP contribution in [0.2, 0.25) is 15.1 Å². The lowest BCUT2D eigenvalue weighted by Gasteiger charge is -2.15. The predicted molar refractivity (Wildman–Crippen MR) is 82.4 cm³/mol. The molecular formula is C12H4Cl3F3IN. The van der Waals surface area contributed by atoms with Gasteiger partial charge < -0.3 is 0 Å². The van der Waals surface area contributed by atoms with Crippen LogP contribution in [0.3, 0.4) is 0 Å². The maximum atomic E-state index is 13.1. The fourth-order valence-electron chi connectivity index (χ4n) is 1.62. The summed E-state index contributed by atoms with van der Waals surface area (Å²) in [5.41, 5.74) is -0.972. The van der Waals surface area contributed by atoms with Crippen LogP contribution in [-0.4, -0.2) is 4.98 Å². The van der Waals surface area contributed by atoms with Gasteiger partial charge in [0.05, 0.1) is 15.1 Å². The van der Waals surface area contributed by atoms with Crippen molar-refractivity contribution in [1.82, 2.24) is 4.98 Å². The molecule has 0 aliphatic heterocycles. The molecule has 0 saturated carbocycles.